The van der Waals surface area contributed by atoms with Gasteiger partial charge in [0, 0.05) is 0 Å². The zero-order valence-electron chi connectivity index (χ0n) is 9.77. The smallest absolute Gasteiger partial charge is 0.101 e. The van der Waals surface area contributed by atoms with Crippen LogP contribution in [0.25, 0.3) is 0 Å². The molecule has 1 aliphatic heterocycles. The summed E-state index contributed by atoms with van der Waals surface area (Å²) in [6.45, 7) is 3.01. The first kappa shape index (κ1) is 12.2. The van der Waals surface area contributed by atoms with Gasteiger partial charge in [-0.05, 0) is 24.3 Å². The average Bonchev–Trinajstić information content (AvgIpc) is 2.35. The first-order valence-electron chi connectivity index (χ1n) is 5.54. The molecular formula is C13H16N2OS. The number of benzene rings is 1. The summed E-state index contributed by atoms with van der Waals surface area (Å²) in [5.41, 5.74) is 2.42. The maximum absolute atomic E-state index is 7.78. The average molecular weight is 248 g/mol. The van der Waals surface area contributed by atoms with Gasteiger partial charge in [-0.15, -0.1) is 0 Å². The molecule has 17 heavy (non-hydrogen) atoms. The van der Waals surface area contributed by atoms with Gasteiger partial charge in [-0.25, -0.2) is 0 Å². The molecule has 1 heterocycles. The van der Waals surface area contributed by atoms with E-state index in [1.807, 2.05) is 36.5 Å². The minimum absolute atomic E-state index is 0.267. The van der Waals surface area contributed by atoms with Gasteiger partial charge in [0.25, 0.3) is 0 Å². The van der Waals surface area contributed by atoms with Crippen LogP contribution in [0.2, 0.25) is 0 Å². The van der Waals surface area contributed by atoms with Crippen LogP contribution in [0.5, 0.6) is 0 Å². The largest absolute Gasteiger partial charge is 0.375 e. The van der Waals surface area contributed by atoms with Crippen LogP contribution in [0.1, 0.15) is 12.5 Å². The molecule has 90 valence electrons. The van der Waals surface area contributed by atoms with Crippen LogP contribution in [0, 0.1) is 5.41 Å². The molecule has 0 fully saturated rings. The fraction of sp³-hybridized carbons (Fsp3) is 0.308. The predicted molar refractivity (Wildman–Crippen MR) is 72.1 cm³/mol. The molecule has 0 amide bonds. The van der Waals surface area contributed by atoms with Crippen molar-refractivity contribution >= 4 is 16.8 Å². The minimum Gasteiger partial charge on any atom is -0.375 e. The van der Waals surface area contributed by atoms with E-state index in [1.54, 1.807) is 0 Å². The molecule has 1 atom stereocenters. The summed E-state index contributed by atoms with van der Waals surface area (Å²) in [6.07, 6.45) is 1.97. The lowest BCUT2D eigenvalue weighted by Crippen LogP contribution is -2.33. The molecule has 0 saturated heterocycles. The second-order valence-electron chi connectivity index (χ2n) is 3.95. The highest BCUT2D eigenvalue weighted by Gasteiger charge is 2.18. The van der Waals surface area contributed by atoms with Crippen molar-refractivity contribution in [2.45, 2.75) is 18.9 Å². The highest BCUT2D eigenvalue weighted by molar-refractivity contribution is 8.14. The van der Waals surface area contributed by atoms with Crippen molar-refractivity contribution in [1.29, 1.82) is 5.41 Å². The SMILES string of the molecule is CC1=CN[C@@H]1SC(=N)COCc1ccccc1. The molecule has 0 spiro atoms. The zero-order chi connectivity index (χ0) is 12.1. The molecule has 0 aliphatic carbocycles. The summed E-state index contributed by atoms with van der Waals surface area (Å²) in [4.78, 5) is 0. The zero-order valence-corrected chi connectivity index (χ0v) is 10.6. The third kappa shape index (κ3) is 3.61. The van der Waals surface area contributed by atoms with E-state index in [1.165, 1.54) is 17.3 Å². The van der Waals surface area contributed by atoms with Crippen LogP contribution in [-0.2, 0) is 11.3 Å². The third-order valence-electron chi connectivity index (χ3n) is 2.48. The van der Waals surface area contributed by atoms with Crippen molar-refractivity contribution in [2.75, 3.05) is 6.61 Å². The Kier molecular flexibility index (Phi) is 4.23. The van der Waals surface area contributed by atoms with Gasteiger partial charge in [0.15, 0.2) is 0 Å². The van der Waals surface area contributed by atoms with E-state index < -0.39 is 0 Å². The number of hydrogen-bond acceptors (Lipinski definition) is 4. The second-order valence-corrected chi connectivity index (χ2v) is 5.15. The molecule has 0 radical (unpaired) electrons. The maximum Gasteiger partial charge on any atom is 0.101 e. The Morgan fingerprint density at radius 2 is 2.18 bits per heavy atom. The van der Waals surface area contributed by atoms with Crippen LogP contribution in [0.3, 0.4) is 0 Å². The number of rotatable bonds is 5. The van der Waals surface area contributed by atoms with Crippen molar-refractivity contribution in [2.24, 2.45) is 0 Å². The molecule has 3 nitrogen and oxygen atoms in total. The van der Waals surface area contributed by atoms with Gasteiger partial charge in [0.1, 0.15) is 5.37 Å². The molecular weight excluding hydrogens is 232 g/mol. The highest BCUT2D eigenvalue weighted by Crippen LogP contribution is 2.23. The molecule has 4 heteroatoms. The Labute approximate surface area is 106 Å². The molecule has 1 aromatic rings. The highest BCUT2D eigenvalue weighted by atomic mass is 32.2. The monoisotopic (exact) mass is 248 g/mol. The Morgan fingerprint density at radius 3 is 2.76 bits per heavy atom. The molecule has 2 N–H and O–H groups in total. The summed E-state index contributed by atoms with van der Waals surface area (Å²) in [6, 6.07) is 10.0. The molecule has 0 unspecified atom stereocenters. The first-order chi connectivity index (χ1) is 8.25. The molecule has 2 rings (SSSR count). The van der Waals surface area contributed by atoms with Gasteiger partial charge >= 0.3 is 0 Å². The molecule has 1 aliphatic rings. The van der Waals surface area contributed by atoms with Crippen LogP contribution in [0.4, 0.5) is 0 Å². The van der Waals surface area contributed by atoms with E-state index in [4.69, 9.17) is 10.1 Å². The Balaban J connectivity index is 1.65. The van der Waals surface area contributed by atoms with Crippen LogP contribution in [0.15, 0.2) is 42.1 Å². The first-order valence-corrected chi connectivity index (χ1v) is 6.42. The van der Waals surface area contributed by atoms with E-state index in [2.05, 4.69) is 12.2 Å². The van der Waals surface area contributed by atoms with Crippen molar-refractivity contribution < 1.29 is 4.74 Å². The van der Waals surface area contributed by atoms with E-state index in [0.29, 0.717) is 18.3 Å². The van der Waals surface area contributed by atoms with E-state index in [-0.39, 0.29) is 5.37 Å². The molecule has 0 saturated carbocycles. The maximum atomic E-state index is 7.78. The van der Waals surface area contributed by atoms with Crippen LogP contribution < -0.4 is 5.32 Å². The van der Waals surface area contributed by atoms with E-state index >= 15 is 0 Å². The van der Waals surface area contributed by atoms with Gasteiger partial charge < -0.3 is 10.1 Å². The minimum atomic E-state index is 0.267. The summed E-state index contributed by atoms with van der Waals surface area (Å²) >= 11 is 1.51. The van der Waals surface area contributed by atoms with Gasteiger partial charge in [-0.3, -0.25) is 5.41 Å². The Hall–Kier alpha value is -1.26. The molecule has 0 aromatic heterocycles. The van der Waals surface area contributed by atoms with E-state index in [9.17, 15) is 0 Å². The van der Waals surface area contributed by atoms with Crippen molar-refractivity contribution in [3.05, 3.63) is 47.7 Å². The fourth-order valence-corrected chi connectivity index (χ4v) is 2.28. The topological polar surface area (TPSA) is 45.1 Å². The van der Waals surface area contributed by atoms with Gasteiger partial charge in [-0.2, -0.15) is 0 Å². The van der Waals surface area contributed by atoms with E-state index in [0.717, 1.165) is 5.56 Å². The standard InChI is InChI=1S/C13H16N2OS/c1-10-7-15-13(10)17-12(14)9-16-8-11-5-3-2-4-6-11/h2-7,13-15H,8-9H2,1H3/t13-/m1/s1. The lowest BCUT2D eigenvalue weighted by atomic mass is 10.2. The summed E-state index contributed by atoms with van der Waals surface area (Å²) in [5, 5.41) is 11.7. The number of nitrogens with one attached hydrogen (secondary N) is 2. The van der Waals surface area contributed by atoms with Crippen LogP contribution in [-0.4, -0.2) is 17.0 Å². The molecule has 0 bridgehead atoms. The van der Waals surface area contributed by atoms with Crippen molar-refractivity contribution in [3.8, 4) is 0 Å². The third-order valence-corrected chi connectivity index (χ3v) is 3.63. The van der Waals surface area contributed by atoms with Gasteiger partial charge in [-0.1, -0.05) is 42.1 Å². The quantitative estimate of drug-likeness (QED) is 0.622. The number of ether oxygens (including phenoxy) is 1. The van der Waals surface area contributed by atoms with Gasteiger partial charge in [0.05, 0.1) is 18.3 Å². The van der Waals surface area contributed by atoms with Crippen molar-refractivity contribution in [1.82, 2.24) is 5.32 Å². The number of hydrogen-bond donors (Lipinski definition) is 2. The van der Waals surface area contributed by atoms with Crippen molar-refractivity contribution in [3.63, 3.8) is 0 Å². The van der Waals surface area contributed by atoms with Crippen LogP contribution >= 0.6 is 11.8 Å². The normalized spacial score (nSPS) is 17.9. The fourth-order valence-electron chi connectivity index (χ4n) is 1.46. The Morgan fingerprint density at radius 1 is 1.41 bits per heavy atom. The molecule has 1 aromatic carbocycles. The summed E-state index contributed by atoms with van der Waals surface area (Å²) < 4.78 is 5.49. The lowest BCUT2D eigenvalue weighted by Gasteiger charge is -2.26. The predicted octanol–water partition coefficient (Wildman–Crippen LogP) is 2.75. The number of thioether (sulfide) groups is 1. The summed E-state index contributed by atoms with van der Waals surface area (Å²) in [5.74, 6) is 0. The second kappa shape index (κ2) is 5.89. The lowest BCUT2D eigenvalue weighted by molar-refractivity contribution is 0.159. The summed E-state index contributed by atoms with van der Waals surface area (Å²) in [7, 11) is 0. The van der Waals surface area contributed by atoms with Gasteiger partial charge in [0.2, 0.25) is 0 Å². The Bertz CT molecular complexity index is 417.